The van der Waals surface area contributed by atoms with Crippen molar-refractivity contribution in [1.82, 2.24) is 4.83 Å². The van der Waals surface area contributed by atoms with Crippen molar-refractivity contribution in [3.63, 3.8) is 0 Å². The summed E-state index contributed by atoms with van der Waals surface area (Å²) in [4.78, 5) is 2.18. The maximum Gasteiger partial charge on any atom is 0.247 e. The molecular formula is C18H30N2O4S. The first-order valence-corrected chi connectivity index (χ1v) is 10.5. The van der Waals surface area contributed by atoms with Crippen LogP contribution in [0.25, 0.3) is 0 Å². The highest BCUT2D eigenvalue weighted by Crippen LogP contribution is 2.21. The van der Waals surface area contributed by atoms with E-state index in [9.17, 15) is 13.5 Å². The molecule has 0 aliphatic rings. The largest absolute Gasteiger partial charge is 0.507 e. The summed E-state index contributed by atoms with van der Waals surface area (Å²) < 4.78 is 28.8. The molecule has 0 heterocycles. The van der Waals surface area contributed by atoms with E-state index >= 15 is 0 Å². The first-order valence-electron chi connectivity index (χ1n) is 8.88. The normalized spacial score (nSPS) is 11.8. The van der Waals surface area contributed by atoms with Gasteiger partial charge >= 0.3 is 0 Å². The number of hydrogen-bond donors (Lipinski definition) is 2. The van der Waals surface area contributed by atoms with Crippen LogP contribution in [-0.4, -0.2) is 32.6 Å². The summed E-state index contributed by atoms with van der Waals surface area (Å²) in [5, 5.41) is 13.4. The van der Waals surface area contributed by atoms with Crippen molar-refractivity contribution < 1.29 is 18.3 Å². The van der Waals surface area contributed by atoms with E-state index < -0.39 is 10.0 Å². The van der Waals surface area contributed by atoms with Crippen molar-refractivity contribution in [2.45, 2.75) is 58.3 Å². The number of phenols is 1. The maximum atomic E-state index is 11.9. The van der Waals surface area contributed by atoms with Crippen LogP contribution < -0.4 is 9.57 Å². The van der Waals surface area contributed by atoms with E-state index in [0.29, 0.717) is 17.7 Å². The van der Waals surface area contributed by atoms with E-state index in [1.807, 2.05) is 0 Å². The third kappa shape index (κ3) is 9.34. The van der Waals surface area contributed by atoms with E-state index in [-0.39, 0.29) is 11.5 Å². The summed E-state index contributed by atoms with van der Waals surface area (Å²) in [5.41, 5.74) is 0.383. The molecule has 1 rings (SSSR count). The molecule has 0 saturated heterocycles. The Kier molecular flexibility index (Phi) is 9.99. The molecule has 0 fully saturated rings. The van der Waals surface area contributed by atoms with Crippen LogP contribution in [-0.2, 0) is 10.0 Å². The molecule has 0 aliphatic heterocycles. The standard InChI is InChI=1S/C18H30N2O4S/c1-3-4-5-6-7-8-9-10-13-25(22,23)20-19-15-16-14-17(24-2)11-12-18(16)21/h11-12,14-15,20-21H,3-10,13H2,1-2H3/b19-15-. The lowest BCUT2D eigenvalue weighted by atomic mass is 10.1. The lowest BCUT2D eigenvalue weighted by Crippen LogP contribution is -2.21. The van der Waals surface area contributed by atoms with Crippen molar-refractivity contribution in [3.8, 4) is 11.5 Å². The maximum absolute atomic E-state index is 11.9. The third-order valence-corrected chi connectivity index (χ3v) is 5.11. The number of methoxy groups -OCH3 is 1. The zero-order valence-corrected chi connectivity index (χ0v) is 16.0. The van der Waals surface area contributed by atoms with Gasteiger partial charge in [0, 0.05) is 5.56 Å². The van der Waals surface area contributed by atoms with Gasteiger partial charge in [-0.25, -0.2) is 13.2 Å². The van der Waals surface area contributed by atoms with Crippen LogP contribution in [0.5, 0.6) is 11.5 Å². The Morgan fingerprint density at radius 3 is 2.40 bits per heavy atom. The zero-order chi connectivity index (χ0) is 18.5. The first kappa shape index (κ1) is 21.3. The van der Waals surface area contributed by atoms with Gasteiger partial charge in [0.25, 0.3) is 0 Å². The van der Waals surface area contributed by atoms with Crippen LogP contribution in [0, 0.1) is 0 Å². The Morgan fingerprint density at radius 2 is 1.76 bits per heavy atom. The number of sulfonamides is 1. The number of rotatable bonds is 13. The van der Waals surface area contributed by atoms with Gasteiger partial charge in [0.2, 0.25) is 10.0 Å². The molecule has 0 unspecified atom stereocenters. The first-order chi connectivity index (χ1) is 12.0. The molecule has 25 heavy (non-hydrogen) atoms. The fourth-order valence-electron chi connectivity index (χ4n) is 2.41. The minimum absolute atomic E-state index is 0.00632. The average molecular weight is 371 g/mol. The van der Waals surface area contributed by atoms with E-state index in [1.54, 1.807) is 12.1 Å². The SMILES string of the molecule is CCCCCCCCCCS(=O)(=O)N/N=C\c1cc(OC)ccc1O. The second-order valence-electron chi connectivity index (χ2n) is 6.07. The van der Waals surface area contributed by atoms with Crippen molar-refractivity contribution >= 4 is 16.2 Å². The minimum atomic E-state index is -3.44. The molecule has 0 saturated carbocycles. The number of hydrazone groups is 1. The lowest BCUT2D eigenvalue weighted by Gasteiger charge is -2.05. The Hall–Kier alpha value is -1.76. The molecule has 2 N–H and O–H groups in total. The van der Waals surface area contributed by atoms with Gasteiger partial charge in [-0.1, -0.05) is 51.9 Å². The molecule has 1 aromatic rings. The fraction of sp³-hybridized carbons (Fsp3) is 0.611. The highest BCUT2D eigenvalue weighted by molar-refractivity contribution is 7.89. The number of ether oxygens (including phenoxy) is 1. The molecule has 142 valence electrons. The van der Waals surface area contributed by atoms with Crippen LogP contribution in [0.1, 0.15) is 63.9 Å². The molecule has 0 bridgehead atoms. The van der Waals surface area contributed by atoms with E-state index in [4.69, 9.17) is 4.74 Å². The molecular weight excluding hydrogens is 340 g/mol. The van der Waals surface area contributed by atoms with Gasteiger partial charge < -0.3 is 9.84 Å². The Labute approximate surface area is 151 Å². The summed E-state index contributed by atoms with van der Waals surface area (Å²) in [6.45, 7) is 2.19. The average Bonchev–Trinajstić information content (AvgIpc) is 2.59. The van der Waals surface area contributed by atoms with Crippen molar-refractivity contribution in [1.29, 1.82) is 0 Å². The van der Waals surface area contributed by atoms with Crippen LogP contribution in [0.3, 0.4) is 0 Å². The highest BCUT2D eigenvalue weighted by atomic mass is 32.2. The van der Waals surface area contributed by atoms with Crippen LogP contribution >= 0.6 is 0 Å². The molecule has 0 amide bonds. The zero-order valence-electron chi connectivity index (χ0n) is 15.2. The minimum Gasteiger partial charge on any atom is -0.507 e. The van der Waals surface area contributed by atoms with Crippen molar-refractivity contribution in [2.24, 2.45) is 5.10 Å². The molecule has 6 nitrogen and oxygen atoms in total. The van der Waals surface area contributed by atoms with Crippen LogP contribution in [0.4, 0.5) is 0 Å². The quantitative estimate of drug-likeness (QED) is 0.314. The molecule has 0 atom stereocenters. The summed E-state index contributed by atoms with van der Waals surface area (Å²) >= 11 is 0. The predicted octanol–water partition coefficient (Wildman–Crippen LogP) is 3.79. The molecule has 0 aromatic heterocycles. The lowest BCUT2D eigenvalue weighted by molar-refractivity contribution is 0.412. The molecule has 0 aliphatic carbocycles. The van der Waals surface area contributed by atoms with Gasteiger partial charge in [0.15, 0.2) is 0 Å². The molecule has 1 aromatic carbocycles. The molecule has 0 spiro atoms. The van der Waals surface area contributed by atoms with Crippen LogP contribution in [0.2, 0.25) is 0 Å². The second kappa shape index (κ2) is 11.7. The Balaban J connectivity index is 2.31. The van der Waals surface area contributed by atoms with E-state index in [0.717, 1.165) is 12.8 Å². The number of hydrogen-bond acceptors (Lipinski definition) is 5. The van der Waals surface area contributed by atoms with Gasteiger partial charge in [-0.05, 0) is 24.6 Å². The van der Waals surface area contributed by atoms with Gasteiger partial charge in [-0.2, -0.15) is 5.10 Å². The third-order valence-electron chi connectivity index (χ3n) is 3.90. The Morgan fingerprint density at radius 1 is 1.12 bits per heavy atom. The van der Waals surface area contributed by atoms with Gasteiger partial charge in [0.05, 0.1) is 19.1 Å². The number of nitrogens with one attached hydrogen (secondary N) is 1. The highest BCUT2D eigenvalue weighted by Gasteiger charge is 2.08. The van der Waals surface area contributed by atoms with Crippen LogP contribution in [0.15, 0.2) is 23.3 Å². The molecule has 0 radical (unpaired) electrons. The fourth-order valence-corrected chi connectivity index (χ4v) is 3.30. The second-order valence-corrected chi connectivity index (χ2v) is 7.89. The number of benzene rings is 1. The van der Waals surface area contributed by atoms with Gasteiger partial charge in [-0.3, -0.25) is 0 Å². The van der Waals surface area contributed by atoms with E-state index in [1.165, 1.54) is 51.5 Å². The van der Waals surface area contributed by atoms with Gasteiger partial charge in [-0.15, -0.1) is 0 Å². The summed E-state index contributed by atoms with van der Waals surface area (Å²) in [6.07, 6.45) is 10.0. The summed E-state index contributed by atoms with van der Waals surface area (Å²) in [6, 6.07) is 4.65. The Bertz CT molecular complexity index is 630. The topological polar surface area (TPSA) is 88.0 Å². The summed E-state index contributed by atoms with van der Waals surface area (Å²) in [5.74, 6) is 0.622. The van der Waals surface area contributed by atoms with E-state index in [2.05, 4.69) is 16.9 Å². The smallest absolute Gasteiger partial charge is 0.247 e. The number of nitrogens with zero attached hydrogens (tertiary/aromatic N) is 1. The monoisotopic (exact) mass is 370 g/mol. The predicted molar refractivity (Wildman–Crippen MR) is 102 cm³/mol. The number of phenolic OH excluding ortho intramolecular Hbond substituents is 1. The van der Waals surface area contributed by atoms with Crippen molar-refractivity contribution in [3.05, 3.63) is 23.8 Å². The number of aromatic hydroxyl groups is 1. The number of unbranched alkanes of at least 4 members (excludes halogenated alkanes) is 7. The van der Waals surface area contributed by atoms with Gasteiger partial charge in [0.1, 0.15) is 11.5 Å². The summed E-state index contributed by atoms with van der Waals surface area (Å²) in [7, 11) is -1.93. The van der Waals surface area contributed by atoms with Crippen molar-refractivity contribution in [2.75, 3.05) is 12.9 Å². The molecule has 7 heteroatoms.